The van der Waals surface area contributed by atoms with Gasteiger partial charge in [-0.15, -0.1) is 0 Å². The lowest BCUT2D eigenvalue weighted by atomic mass is 10.2. The summed E-state index contributed by atoms with van der Waals surface area (Å²) in [6, 6.07) is 15.1. The Labute approximate surface area is 159 Å². The van der Waals surface area contributed by atoms with E-state index in [0.717, 1.165) is 30.0 Å². The third-order valence-corrected chi connectivity index (χ3v) is 4.70. The molecule has 1 aliphatic rings. The number of para-hydroxylation sites is 1. The fourth-order valence-electron chi connectivity index (χ4n) is 3.10. The molecule has 0 aliphatic carbocycles. The Morgan fingerprint density at radius 1 is 1.00 bits per heavy atom. The van der Waals surface area contributed by atoms with Crippen molar-refractivity contribution in [2.45, 2.75) is 13.8 Å². The highest BCUT2D eigenvalue weighted by atomic mass is 16.5. The molecule has 0 aromatic heterocycles. The molecule has 1 N–H and O–H groups in total. The van der Waals surface area contributed by atoms with E-state index in [1.807, 2.05) is 48.2 Å². The molecule has 0 atom stereocenters. The number of aryl methyl sites for hydroxylation is 1. The van der Waals surface area contributed by atoms with E-state index in [1.54, 1.807) is 19.1 Å². The van der Waals surface area contributed by atoms with Crippen molar-refractivity contribution in [3.8, 4) is 0 Å². The fourth-order valence-corrected chi connectivity index (χ4v) is 3.10. The fraction of sp³-hybridized carbons (Fsp3) is 0.333. The Kier molecular flexibility index (Phi) is 5.96. The van der Waals surface area contributed by atoms with Crippen molar-refractivity contribution in [2.24, 2.45) is 0 Å². The summed E-state index contributed by atoms with van der Waals surface area (Å²) in [7, 11) is 0. The molecule has 27 heavy (non-hydrogen) atoms. The second-order valence-electron chi connectivity index (χ2n) is 6.49. The average Bonchev–Trinajstić information content (AvgIpc) is 2.70. The minimum Gasteiger partial charge on any atom is -0.462 e. The molecular formula is C21H25N3O3. The maximum Gasteiger partial charge on any atom is 0.338 e. The highest BCUT2D eigenvalue weighted by Crippen LogP contribution is 2.19. The number of benzene rings is 2. The number of hydrogen-bond donors (Lipinski definition) is 1. The zero-order valence-corrected chi connectivity index (χ0v) is 15.8. The molecule has 3 rings (SSSR count). The third kappa shape index (κ3) is 4.58. The van der Waals surface area contributed by atoms with Gasteiger partial charge in [-0.05, 0) is 49.7 Å². The van der Waals surface area contributed by atoms with Gasteiger partial charge in [0.25, 0.3) is 0 Å². The molecule has 2 aromatic carbocycles. The molecule has 6 nitrogen and oxygen atoms in total. The van der Waals surface area contributed by atoms with Crippen LogP contribution in [0.25, 0.3) is 0 Å². The van der Waals surface area contributed by atoms with Crippen LogP contribution in [0, 0.1) is 6.92 Å². The van der Waals surface area contributed by atoms with Crippen molar-refractivity contribution in [3.05, 3.63) is 59.7 Å². The number of ether oxygens (including phenoxy) is 1. The molecule has 2 aromatic rings. The summed E-state index contributed by atoms with van der Waals surface area (Å²) in [6.07, 6.45) is 0. The number of hydrogen-bond acceptors (Lipinski definition) is 4. The highest BCUT2D eigenvalue weighted by Gasteiger charge is 2.22. The number of anilines is 2. The maximum atomic E-state index is 12.5. The van der Waals surface area contributed by atoms with Gasteiger partial charge in [0.15, 0.2) is 0 Å². The minimum atomic E-state index is -0.304. The smallest absolute Gasteiger partial charge is 0.338 e. The van der Waals surface area contributed by atoms with E-state index in [2.05, 4.69) is 10.2 Å². The largest absolute Gasteiger partial charge is 0.462 e. The molecule has 0 spiro atoms. The van der Waals surface area contributed by atoms with Crippen LogP contribution in [0.1, 0.15) is 22.8 Å². The second-order valence-corrected chi connectivity index (χ2v) is 6.49. The Bertz CT molecular complexity index is 797. The monoisotopic (exact) mass is 367 g/mol. The molecule has 142 valence electrons. The molecular weight excluding hydrogens is 342 g/mol. The number of carbonyl (C=O) groups is 2. The number of amides is 2. The molecule has 0 radical (unpaired) electrons. The van der Waals surface area contributed by atoms with Gasteiger partial charge in [0.1, 0.15) is 0 Å². The number of piperazine rings is 1. The zero-order valence-electron chi connectivity index (χ0n) is 15.8. The van der Waals surface area contributed by atoms with Crippen molar-refractivity contribution >= 4 is 23.4 Å². The van der Waals surface area contributed by atoms with Crippen molar-refractivity contribution in [1.82, 2.24) is 4.90 Å². The maximum absolute atomic E-state index is 12.5. The normalized spacial score (nSPS) is 14.0. The van der Waals surface area contributed by atoms with Crippen LogP contribution in [0.3, 0.4) is 0 Å². The van der Waals surface area contributed by atoms with Gasteiger partial charge in [0, 0.05) is 37.6 Å². The number of nitrogens with zero attached hydrogens (tertiary/aromatic N) is 2. The van der Waals surface area contributed by atoms with E-state index in [9.17, 15) is 9.59 Å². The van der Waals surface area contributed by atoms with Crippen LogP contribution in [0.2, 0.25) is 0 Å². The Balaban J connectivity index is 1.55. The molecule has 1 aliphatic heterocycles. The summed E-state index contributed by atoms with van der Waals surface area (Å²) in [4.78, 5) is 28.3. The van der Waals surface area contributed by atoms with E-state index in [-0.39, 0.29) is 12.0 Å². The molecule has 0 saturated carbocycles. The second kappa shape index (κ2) is 8.58. The van der Waals surface area contributed by atoms with E-state index >= 15 is 0 Å². The van der Waals surface area contributed by atoms with E-state index in [1.165, 1.54) is 0 Å². The van der Waals surface area contributed by atoms with Gasteiger partial charge in [0.05, 0.1) is 12.2 Å². The number of carbonyl (C=O) groups excluding carboxylic acids is 2. The molecule has 1 saturated heterocycles. The molecule has 6 heteroatoms. The first-order valence-corrected chi connectivity index (χ1v) is 9.22. The van der Waals surface area contributed by atoms with E-state index < -0.39 is 0 Å². The molecule has 0 bridgehead atoms. The first-order chi connectivity index (χ1) is 13.1. The predicted octanol–water partition coefficient (Wildman–Crippen LogP) is 3.53. The standard InChI is InChI=1S/C21H25N3O3/c1-3-27-20(25)17-8-10-18(11-9-17)23-12-14-24(15-13-23)21(26)22-19-7-5-4-6-16(19)2/h4-11H,3,12-15H2,1-2H3,(H,22,26). The van der Waals surface area contributed by atoms with Crippen molar-refractivity contribution in [2.75, 3.05) is 43.0 Å². The number of urea groups is 1. The van der Waals surface area contributed by atoms with Gasteiger partial charge in [-0.3, -0.25) is 0 Å². The predicted molar refractivity (Wildman–Crippen MR) is 106 cm³/mol. The van der Waals surface area contributed by atoms with E-state index in [0.29, 0.717) is 25.3 Å². The Morgan fingerprint density at radius 2 is 1.67 bits per heavy atom. The summed E-state index contributed by atoms with van der Waals surface area (Å²) < 4.78 is 5.01. The van der Waals surface area contributed by atoms with Crippen LogP contribution in [0.15, 0.2) is 48.5 Å². The topological polar surface area (TPSA) is 61.9 Å². The number of rotatable bonds is 4. The summed E-state index contributed by atoms with van der Waals surface area (Å²) in [5.74, 6) is -0.304. The van der Waals surface area contributed by atoms with E-state index in [4.69, 9.17) is 4.74 Å². The SMILES string of the molecule is CCOC(=O)c1ccc(N2CCN(C(=O)Nc3ccccc3C)CC2)cc1. The Hall–Kier alpha value is -3.02. The quantitative estimate of drug-likeness (QED) is 0.840. The highest BCUT2D eigenvalue weighted by molar-refractivity contribution is 5.90. The van der Waals surface area contributed by atoms with Gasteiger partial charge < -0.3 is 19.9 Å². The first-order valence-electron chi connectivity index (χ1n) is 9.22. The summed E-state index contributed by atoms with van der Waals surface area (Å²) >= 11 is 0. The molecule has 0 unspecified atom stereocenters. The average molecular weight is 367 g/mol. The van der Waals surface area contributed by atoms with Crippen LogP contribution >= 0.6 is 0 Å². The first kappa shape index (κ1) is 18.8. The minimum absolute atomic E-state index is 0.0680. The van der Waals surface area contributed by atoms with Crippen LogP contribution in [-0.2, 0) is 4.74 Å². The van der Waals surface area contributed by atoms with Crippen LogP contribution < -0.4 is 10.2 Å². The zero-order chi connectivity index (χ0) is 19.2. The van der Waals surface area contributed by atoms with Gasteiger partial charge >= 0.3 is 12.0 Å². The van der Waals surface area contributed by atoms with Gasteiger partial charge in [-0.1, -0.05) is 18.2 Å². The van der Waals surface area contributed by atoms with Crippen LogP contribution in [0.4, 0.5) is 16.2 Å². The third-order valence-electron chi connectivity index (χ3n) is 4.70. The summed E-state index contributed by atoms with van der Waals surface area (Å²) in [6.45, 7) is 6.94. The Morgan fingerprint density at radius 3 is 2.30 bits per heavy atom. The van der Waals surface area contributed by atoms with Gasteiger partial charge in [-0.25, -0.2) is 9.59 Å². The lowest BCUT2D eigenvalue weighted by Crippen LogP contribution is -2.50. The van der Waals surface area contributed by atoms with Crippen molar-refractivity contribution in [1.29, 1.82) is 0 Å². The number of nitrogens with one attached hydrogen (secondary N) is 1. The van der Waals surface area contributed by atoms with Crippen molar-refractivity contribution < 1.29 is 14.3 Å². The number of esters is 1. The van der Waals surface area contributed by atoms with Crippen LogP contribution in [-0.4, -0.2) is 49.7 Å². The van der Waals surface area contributed by atoms with Gasteiger partial charge in [-0.2, -0.15) is 0 Å². The molecule has 1 heterocycles. The van der Waals surface area contributed by atoms with Crippen LogP contribution in [0.5, 0.6) is 0 Å². The van der Waals surface area contributed by atoms with Gasteiger partial charge in [0.2, 0.25) is 0 Å². The summed E-state index contributed by atoms with van der Waals surface area (Å²) in [5.41, 5.74) is 3.49. The lowest BCUT2D eigenvalue weighted by Gasteiger charge is -2.36. The molecule has 2 amide bonds. The van der Waals surface area contributed by atoms with Crippen molar-refractivity contribution in [3.63, 3.8) is 0 Å². The molecule has 1 fully saturated rings. The lowest BCUT2D eigenvalue weighted by molar-refractivity contribution is 0.0526. The summed E-state index contributed by atoms with van der Waals surface area (Å²) in [5, 5.41) is 2.98.